The average Bonchev–Trinajstić information content (AvgIpc) is 3.25. The Bertz CT molecular complexity index is 1780. The molecule has 1 N–H and O–H groups in total. The number of aryl methyl sites for hydroxylation is 1. The first-order valence-electron chi connectivity index (χ1n) is 12.1. The van der Waals surface area contributed by atoms with Gasteiger partial charge < -0.3 is 9.52 Å². The number of aliphatic hydroxyl groups excluding tert-OH is 1. The van der Waals surface area contributed by atoms with Gasteiger partial charge in [0.15, 0.2) is 5.78 Å². The van der Waals surface area contributed by atoms with Gasteiger partial charge in [0.2, 0.25) is 0 Å². The van der Waals surface area contributed by atoms with E-state index >= 15 is 0 Å². The van der Waals surface area contributed by atoms with E-state index in [0.29, 0.717) is 0 Å². The molecule has 0 atom stereocenters. The third-order valence-corrected chi connectivity index (χ3v) is 6.20. The number of rotatable bonds is 3. The van der Waals surface area contributed by atoms with Crippen molar-refractivity contribution < 1.29 is 34.4 Å². The van der Waals surface area contributed by atoms with E-state index in [1.54, 1.807) is 0 Å². The third kappa shape index (κ3) is 5.31. The predicted molar refractivity (Wildman–Crippen MR) is 151 cm³/mol. The number of allylic oxidation sites excluding steroid dienone is 2. The standard InChI is InChI=1S/C28H18NO.C5H8O2.Ir/c1-18-26-25(30-28(18)19-9-3-2-4-10-19)15-16-29-27(26)24-17-20-11-5-6-12-21(20)22-13-7-8-14-23(22)24;1-4(6)3-5(2)7;/h2-16H,1H3;3,6H,1-2H3;/q-1;;/b;4-3-;. The second-order valence-corrected chi connectivity index (χ2v) is 8.94. The Balaban J connectivity index is 0.000000375. The molecule has 0 aliphatic heterocycles. The first-order chi connectivity index (χ1) is 17.9. The molecule has 0 fully saturated rings. The topological polar surface area (TPSA) is 63.3 Å². The van der Waals surface area contributed by atoms with Gasteiger partial charge in [-0.15, -0.1) is 17.5 Å². The second kappa shape index (κ2) is 11.6. The molecule has 1 radical (unpaired) electrons. The number of carbonyl (C=O) groups is 1. The van der Waals surface area contributed by atoms with Crippen molar-refractivity contribution in [3.63, 3.8) is 0 Å². The number of benzene rings is 4. The molecule has 0 amide bonds. The number of pyridine rings is 1. The summed E-state index contributed by atoms with van der Waals surface area (Å²) >= 11 is 0. The van der Waals surface area contributed by atoms with Crippen molar-refractivity contribution >= 4 is 38.3 Å². The van der Waals surface area contributed by atoms with Gasteiger partial charge in [0.1, 0.15) is 11.3 Å². The van der Waals surface area contributed by atoms with Crippen LogP contribution in [0, 0.1) is 13.0 Å². The number of ketones is 1. The summed E-state index contributed by atoms with van der Waals surface area (Å²) in [4.78, 5) is 14.8. The van der Waals surface area contributed by atoms with Crippen LogP contribution in [-0.2, 0) is 24.9 Å². The van der Waals surface area contributed by atoms with Crippen LogP contribution < -0.4 is 0 Å². The Kier molecular flexibility index (Phi) is 8.21. The Morgan fingerprint density at radius 2 is 1.50 bits per heavy atom. The summed E-state index contributed by atoms with van der Waals surface area (Å²) in [7, 11) is 0. The van der Waals surface area contributed by atoms with E-state index in [1.807, 2.05) is 30.5 Å². The molecule has 0 aliphatic rings. The molecule has 38 heavy (non-hydrogen) atoms. The Morgan fingerprint density at radius 3 is 2.16 bits per heavy atom. The maximum absolute atomic E-state index is 10.0. The van der Waals surface area contributed by atoms with E-state index in [9.17, 15) is 4.79 Å². The molecular formula is C33H26IrNO3-. The van der Waals surface area contributed by atoms with Crippen LogP contribution in [0.3, 0.4) is 0 Å². The van der Waals surface area contributed by atoms with Crippen molar-refractivity contribution in [2.45, 2.75) is 20.8 Å². The molecule has 4 nitrogen and oxygen atoms in total. The maximum Gasteiger partial charge on any atom is 0.155 e. The minimum absolute atomic E-state index is 0. The van der Waals surface area contributed by atoms with Gasteiger partial charge in [0, 0.05) is 49.0 Å². The number of hydrogen-bond donors (Lipinski definition) is 1. The van der Waals surface area contributed by atoms with Crippen molar-refractivity contribution in [2.24, 2.45) is 0 Å². The number of carbonyl (C=O) groups excluding carboxylic acids is 1. The van der Waals surface area contributed by atoms with Crippen molar-refractivity contribution in [3.8, 4) is 22.6 Å². The van der Waals surface area contributed by atoms with E-state index in [2.05, 4.69) is 73.7 Å². The summed E-state index contributed by atoms with van der Waals surface area (Å²) in [5, 5.41) is 14.1. The zero-order chi connectivity index (χ0) is 25.9. The van der Waals surface area contributed by atoms with Crippen molar-refractivity contribution in [2.75, 3.05) is 0 Å². The molecule has 2 heterocycles. The zero-order valence-electron chi connectivity index (χ0n) is 21.3. The maximum atomic E-state index is 10.0. The summed E-state index contributed by atoms with van der Waals surface area (Å²) in [5.74, 6) is 0.831. The van der Waals surface area contributed by atoms with Crippen LogP contribution in [0.4, 0.5) is 0 Å². The third-order valence-electron chi connectivity index (χ3n) is 6.20. The Labute approximate surface area is 235 Å². The molecule has 2 aromatic heterocycles. The molecule has 6 aromatic rings. The fourth-order valence-electron chi connectivity index (χ4n) is 4.69. The normalized spacial score (nSPS) is 11.2. The van der Waals surface area contributed by atoms with Crippen LogP contribution in [0.1, 0.15) is 19.4 Å². The van der Waals surface area contributed by atoms with Gasteiger partial charge in [0.05, 0.1) is 5.76 Å². The fourth-order valence-corrected chi connectivity index (χ4v) is 4.69. The van der Waals surface area contributed by atoms with E-state index in [4.69, 9.17) is 14.5 Å². The molecular weight excluding hydrogens is 651 g/mol. The smallest absolute Gasteiger partial charge is 0.155 e. The number of hydrogen-bond acceptors (Lipinski definition) is 4. The van der Waals surface area contributed by atoms with E-state index in [0.717, 1.165) is 49.9 Å². The Hall–Kier alpha value is -4.05. The molecule has 0 saturated heterocycles. The number of furan rings is 1. The first kappa shape index (κ1) is 27.0. The summed E-state index contributed by atoms with van der Waals surface area (Å²) < 4.78 is 6.29. The zero-order valence-corrected chi connectivity index (χ0v) is 23.7. The van der Waals surface area contributed by atoms with Crippen LogP contribution in [0.2, 0.25) is 0 Å². The number of nitrogens with zero attached hydrogens (tertiary/aromatic N) is 1. The summed E-state index contributed by atoms with van der Waals surface area (Å²) in [6.45, 7) is 4.96. The van der Waals surface area contributed by atoms with Crippen LogP contribution in [0.5, 0.6) is 0 Å². The predicted octanol–water partition coefficient (Wildman–Crippen LogP) is 8.61. The number of fused-ring (bicyclic) bond motifs is 4. The number of aliphatic hydroxyl groups is 1. The molecule has 4 aromatic carbocycles. The molecule has 6 rings (SSSR count). The summed E-state index contributed by atoms with van der Waals surface area (Å²) in [6, 6.07) is 32.7. The van der Waals surface area contributed by atoms with Gasteiger partial charge in [-0.25, -0.2) is 0 Å². The molecule has 0 aliphatic carbocycles. The van der Waals surface area contributed by atoms with Gasteiger partial charge in [-0.05, 0) is 32.4 Å². The summed E-state index contributed by atoms with van der Waals surface area (Å²) in [6.07, 6.45) is 2.99. The largest absolute Gasteiger partial charge is 0.512 e. The monoisotopic (exact) mass is 677 g/mol. The van der Waals surface area contributed by atoms with Crippen molar-refractivity contribution in [1.29, 1.82) is 0 Å². The van der Waals surface area contributed by atoms with E-state index in [-0.39, 0.29) is 31.6 Å². The van der Waals surface area contributed by atoms with Crippen LogP contribution >= 0.6 is 0 Å². The van der Waals surface area contributed by atoms with Gasteiger partial charge in [0.25, 0.3) is 0 Å². The molecule has 0 saturated carbocycles. The Morgan fingerprint density at radius 1 is 0.868 bits per heavy atom. The van der Waals surface area contributed by atoms with Crippen LogP contribution in [-0.4, -0.2) is 15.9 Å². The quantitative estimate of drug-likeness (QED) is 0.0883. The van der Waals surface area contributed by atoms with Crippen LogP contribution in [0.25, 0.3) is 55.1 Å². The number of aromatic nitrogens is 1. The van der Waals surface area contributed by atoms with Crippen molar-refractivity contribution in [1.82, 2.24) is 4.98 Å². The molecule has 0 spiro atoms. The SMILES string of the molecule is CC(=O)/C=C(/C)O.Cc1c(-c2ccccc2)oc2ccnc(-c3[c-]c4ccccc4c4ccccc34)c12.[Ir]. The molecule has 191 valence electrons. The van der Waals surface area contributed by atoms with E-state index in [1.165, 1.54) is 30.7 Å². The second-order valence-electron chi connectivity index (χ2n) is 8.94. The van der Waals surface area contributed by atoms with Gasteiger partial charge >= 0.3 is 0 Å². The van der Waals surface area contributed by atoms with E-state index < -0.39 is 0 Å². The average molecular weight is 677 g/mol. The van der Waals surface area contributed by atoms with Gasteiger partial charge in [-0.1, -0.05) is 94.5 Å². The fraction of sp³-hybridized carbons (Fsp3) is 0.0909. The van der Waals surface area contributed by atoms with Gasteiger partial charge in [-0.2, -0.15) is 0 Å². The molecule has 0 bridgehead atoms. The summed E-state index contributed by atoms with van der Waals surface area (Å²) in [5.41, 5.74) is 4.95. The van der Waals surface area contributed by atoms with Crippen molar-refractivity contribution in [3.05, 3.63) is 115 Å². The minimum Gasteiger partial charge on any atom is -0.512 e. The minimum atomic E-state index is -0.125. The first-order valence-corrected chi connectivity index (χ1v) is 12.1. The van der Waals surface area contributed by atoms with Crippen LogP contribution in [0.15, 0.2) is 107 Å². The van der Waals surface area contributed by atoms with Gasteiger partial charge in [-0.3, -0.25) is 9.78 Å². The molecule has 0 unspecified atom stereocenters. The molecule has 5 heteroatoms.